The minimum absolute atomic E-state index is 0.247. The number of rotatable bonds is 3. The Morgan fingerprint density at radius 2 is 1.76 bits per heavy atom. The standard InChI is InChI=1S/C15H21ClO/c1-12-4-3-5-13(2)14(12)10-15(11-16)6-8-17-9-7-15/h3-5H,6-11H2,1-2H3. The molecule has 1 saturated heterocycles. The van der Waals surface area contributed by atoms with Crippen molar-refractivity contribution in [3.63, 3.8) is 0 Å². The lowest BCUT2D eigenvalue weighted by Crippen LogP contribution is -2.33. The molecule has 0 unspecified atom stereocenters. The summed E-state index contributed by atoms with van der Waals surface area (Å²) in [5.74, 6) is 0.740. The van der Waals surface area contributed by atoms with Crippen molar-refractivity contribution in [2.45, 2.75) is 33.1 Å². The van der Waals surface area contributed by atoms with Crippen LogP contribution in [-0.4, -0.2) is 19.1 Å². The number of ether oxygens (including phenoxy) is 1. The van der Waals surface area contributed by atoms with Gasteiger partial charge in [0.2, 0.25) is 0 Å². The predicted octanol–water partition coefficient (Wildman–Crippen LogP) is 3.88. The summed E-state index contributed by atoms with van der Waals surface area (Å²) in [6.07, 6.45) is 3.27. The summed E-state index contributed by atoms with van der Waals surface area (Å²) in [5.41, 5.74) is 4.51. The molecule has 0 N–H and O–H groups in total. The van der Waals surface area contributed by atoms with Crippen LogP contribution in [-0.2, 0) is 11.2 Å². The van der Waals surface area contributed by atoms with E-state index in [4.69, 9.17) is 16.3 Å². The predicted molar refractivity (Wildman–Crippen MR) is 72.8 cm³/mol. The summed E-state index contributed by atoms with van der Waals surface area (Å²) in [7, 11) is 0. The van der Waals surface area contributed by atoms with Crippen LogP contribution in [0.3, 0.4) is 0 Å². The zero-order valence-electron chi connectivity index (χ0n) is 10.8. The van der Waals surface area contributed by atoms with E-state index in [1.54, 1.807) is 0 Å². The van der Waals surface area contributed by atoms with Gasteiger partial charge >= 0.3 is 0 Å². The normalized spacial score (nSPS) is 19.2. The van der Waals surface area contributed by atoms with Crippen molar-refractivity contribution in [3.05, 3.63) is 34.9 Å². The van der Waals surface area contributed by atoms with Gasteiger partial charge in [-0.05, 0) is 55.2 Å². The van der Waals surface area contributed by atoms with Crippen LogP contribution < -0.4 is 0 Å². The van der Waals surface area contributed by atoms with E-state index in [9.17, 15) is 0 Å². The van der Waals surface area contributed by atoms with E-state index in [-0.39, 0.29) is 5.41 Å². The van der Waals surface area contributed by atoms with Crippen molar-refractivity contribution < 1.29 is 4.74 Å². The topological polar surface area (TPSA) is 9.23 Å². The van der Waals surface area contributed by atoms with Gasteiger partial charge in [-0.25, -0.2) is 0 Å². The van der Waals surface area contributed by atoms with E-state index in [2.05, 4.69) is 32.0 Å². The van der Waals surface area contributed by atoms with Crippen LogP contribution in [0.5, 0.6) is 0 Å². The number of hydrogen-bond acceptors (Lipinski definition) is 1. The summed E-state index contributed by atoms with van der Waals surface area (Å²) >= 11 is 6.24. The minimum atomic E-state index is 0.247. The van der Waals surface area contributed by atoms with Crippen LogP contribution in [0.2, 0.25) is 0 Å². The molecule has 1 aromatic carbocycles. The Bertz CT molecular complexity index is 360. The van der Waals surface area contributed by atoms with E-state index >= 15 is 0 Å². The zero-order valence-corrected chi connectivity index (χ0v) is 11.5. The van der Waals surface area contributed by atoms with Crippen LogP contribution in [0.25, 0.3) is 0 Å². The van der Waals surface area contributed by atoms with Gasteiger partial charge in [-0.1, -0.05) is 18.2 Å². The van der Waals surface area contributed by atoms with Gasteiger partial charge in [0.25, 0.3) is 0 Å². The molecule has 0 radical (unpaired) electrons. The molecule has 0 aromatic heterocycles. The lowest BCUT2D eigenvalue weighted by molar-refractivity contribution is 0.0256. The molecule has 1 aromatic rings. The Morgan fingerprint density at radius 1 is 1.18 bits per heavy atom. The maximum Gasteiger partial charge on any atom is 0.0471 e. The maximum absolute atomic E-state index is 6.24. The molecule has 0 atom stereocenters. The van der Waals surface area contributed by atoms with Gasteiger partial charge in [-0.15, -0.1) is 11.6 Å². The lowest BCUT2D eigenvalue weighted by Gasteiger charge is -2.36. The number of alkyl halides is 1. The second-order valence-electron chi connectivity index (χ2n) is 5.29. The second kappa shape index (κ2) is 5.41. The van der Waals surface area contributed by atoms with E-state index in [0.717, 1.165) is 38.4 Å². The summed E-state index contributed by atoms with van der Waals surface area (Å²) < 4.78 is 5.47. The van der Waals surface area contributed by atoms with Gasteiger partial charge in [0.05, 0.1) is 0 Å². The molecular weight excluding hydrogens is 232 g/mol. The third-order valence-electron chi connectivity index (χ3n) is 4.03. The Labute approximate surface area is 109 Å². The molecule has 0 saturated carbocycles. The van der Waals surface area contributed by atoms with Gasteiger partial charge in [0.1, 0.15) is 0 Å². The molecule has 0 spiro atoms. The lowest BCUT2D eigenvalue weighted by atomic mass is 9.75. The molecule has 1 heterocycles. The van der Waals surface area contributed by atoms with Crippen molar-refractivity contribution >= 4 is 11.6 Å². The number of hydrogen-bond donors (Lipinski definition) is 0. The molecule has 94 valence electrons. The molecule has 0 bridgehead atoms. The van der Waals surface area contributed by atoms with Crippen molar-refractivity contribution in [3.8, 4) is 0 Å². The highest BCUT2D eigenvalue weighted by molar-refractivity contribution is 6.18. The summed E-state index contributed by atoms with van der Waals surface area (Å²) in [4.78, 5) is 0. The van der Waals surface area contributed by atoms with Crippen molar-refractivity contribution in [2.24, 2.45) is 5.41 Å². The average Bonchev–Trinajstić information content (AvgIpc) is 2.35. The van der Waals surface area contributed by atoms with Crippen molar-refractivity contribution in [1.29, 1.82) is 0 Å². The van der Waals surface area contributed by atoms with Crippen LogP contribution in [0, 0.1) is 19.3 Å². The highest BCUT2D eigenvalue weighted by Gasteiger charge is 2.32. The molecule has 2 heteroatoms. The summed E-state index contributed by atoms with van der Waals surface area (Å²) in [6.45, 7) is 6.11. The Hall–Kier alpha value is -0.530. The molecule has 1 aliphatic rings. The number of benzene rings is 1. The van der Waals surface area contributed by atoms with E-state index in [1.807, 2.05) is 0 Å². The third-order valence-corrected chi connectivity index (χ3v) is 4.60. The minimum Gasteiger partial charge on any atom is -0.381 e. The van der Waals surface area contributed by atoms with Gasteiger partial charge < -0.3 is 4.74 Å². The first kappa shape index (κ1) is 12.9. The fourth-order valence-corrected chi connectivity index (χ4v) is 3.03. The van der Waals surface area contributed by atoms with Crippen LogP contribution in [0.1, 0.15) is 29.5 Å². The molecule has 0 aliphatic carbocycles. The maximum atomic E-state index is 6.24. The first-order valence-electron chi connectivity index (χ1n) is 6.36. The van der Waals surface area contributed by atoms with E-state index < -0.39 is 0 Å². The molecule has 17 heavy (non-hydrogen) atoms. The van der Waals surface area contributed by atoms with Gasteiger partial charge in [0, 0.05) is 19.1 Å². The molecule has 1 aliphatic heterocycles. The van der Waals surface area contributed by atoms with Gasteiger partial charge in [-0.2, -0.15) is 0 Å². The molecule has 0 amide bonds. The molecule has 1 nitrogen and oxygen atoms in total. The second-order valence-corrected chi connectivity index (χ2v) is 5.56. The molecule has 1 fully saturated rings. The monoisotopic (exact) mass is 252 g/mol. The molecule has 2 rings (SSSR count). The number of aryl methyl sites for hydroxylation is 2. The van der Waals surface area contributed by atoms with Crippen LogP contribution in [0.4, 0.5) is 0 Å². The average molecular weight is 253 g/mol. The molecular formula is C15H21ClO. The first-order chi connectivity index (χ1) is 8.17. The van der Waals surface area contributed by atoms with Crippen LogP contribution >= 0.6 is 11.6 Å². The van der Waals surface area contributed by atoms with Crippen molar-refractivity contribution in [2.75, 3.05) is 19.1 Å². The van der Waals surface area contributed by atoms with E-state index in [1.165, 1.54) is 16.7 Å². The Balaban J connectivity index is 2.23. The fraction of sp³-hybridized carbons (Fsp3) is 0.600. The SMILES string of the molecule is Cc1cccc(C)c1CC1(CCl)CCOCC1. The van der Waals surface area contributed by atoms with Crippen molar-refractivity contribution in [1.82, 2.24) is 0 Å². The van der Waals surface area contributed by atoms with Crippen LogP contribution in [0.15, 0.2) is 18.2 Å². The smallest absolute Gasteiger partial charge is 0.0471 e. The fourth-order valence-electron chi connectivity index (χ4n) is 2.66. The number of halogens is 1. The van der Waals surface area contributed by atoms with E-state index in [0.29, 0.717) is 0 Å². The highest BCUT2D eigenvalue weighted by atomic mass is 35.5. The Morgan fingerprint density at radius 3 is 2.29 bits per heavy atom. The third kappa shape index (κ3) is 2.83. The largest absolute Gasteiger partial charge is 0.381 e. The highest BCUT2D eigenvalue weighted by Crippen LogP contribution is 2.37. The first-order valence-corrected chi connectivity index (χ1v) is 6.89. The summed E-state index contributed by atoms with van der Waals surface area (Å²) in [5, 5.41) is 0. The van der Waals surface area contributed by atoms with Gasteiger partial charge in [-0.3, -0.25) is 0 Å². The zero-order chi connectivity index (χ0) is 12.3. The quantitative estimate of drug-likeness (QED) is 0.742. The van der Waals surface area contributed by atoms with Gasteiger partial charge in [0.15, 0.2) is 0 Å². The summed E-state index contributed by atoms with van der Waals surface area (Å²) in [6, 6.07) is 6.53. The Kier molecular flexibility index (Phi) is 4.11.